The highest BCUT2D eigenvalue weighted by Gasteiger charge is 2.35. The molecule has 0 aliphatic heterocycles. The minimum absolute atomic E-state index is 0.0288. The van der Waals surface area contributed by atoms with Gasteiger partial charge in [-0.25, -0.2) is 8.42 Å². The molecule has 230 valence electrons. The highest BCUT2D eigenvalue weighted by molar-refractivity contribution is 9.10. The summed E-state index contributed by atoms with van der Waals surface area (Å²) in [6, 6.07) is 26.4. The van der Waals surface area contributed by atoms with Gasteiger partial charge in [-0.05, 0) is 61.9 Å². The van der Waals surface area contributed by atoms with Gasteiger partial charge in [0.1, 0.15) is 12.6 Å². The number of aryl methyl sites for hydroxylation is 1. The maximum Gasteiger partial charge on any atom is 0.264 e. The van der Waals surface area contributed by atoms with Crippen LogP contribution < -0.4 is 9.62 Å². The van der Waals surface area contributed by atoms with Crippen molar-refractivity contribution in [2.75, 3.05) is 17.4 Å². The molecule has 0 unspecified atom stereocenters. The average Bonchev–Trinajstić information content (AvgIpc) is 2.99. The van der Waals surface area contributed by atoms with Gasteiger partial charge in [0, 0.05) is 39.6 Å². The van der Waals surface area contributed by atoms with Crippen molar-refractivity contribution >= 4 is 66.7 Å². The van der Waals surface area contributed by atoms with Crippen LogP contribution in [0.3, 0.4) is 0 Å². The predicted octanol–water partition coefficient (Wildman–Crippen LogP) is 7.04. The highest BCUT2D eigenvalue weighted by atomic mass is 79.9. The average molecular weight is 718 g/mol. The zero-order chi connectivity index (χ0) is 31.9. The Morgan fingerprint density at radius 1 is 0.886 bits per heavy atom. The van der Waals surface area contributed by atoms with Crippen molar-refractivity contribution in [2.45, 2.75) is 37.8 Å². The highest BCUT2D eigenvalue weighted by Crippen LogP contribution is 2.30. The molecule has 7 nitrogen and oxygen atoms in total. The first-order valence-corrected chi connectivity index (χ1v) is 16.9. The van der Waals surface area contributed by atoms with E-state index in [1.54, 1.807) is 61.5 Å². The summed E-state index contributed by atoms with van der Waals surface area (Å²) in [5.74, 6) is -0.993. The standard InChI is InChI=1S/C33H32BrCl2N3O4S/c1-3-37-33(41)31(19-24-9-5-4-6-10-24)38(21-28-29(35)13-8-14-30(28)36)32(40)22-39(26-12-7-11-25(34)20-26)44(42,43)27-17-15-23(2)16-18-27/h4-18,20,31H,3,19,21-22H2,1-2H3,(H,37,41)/t31-/m0/s1. The van der Waals surface area contributed by atoms with Crippen LogP contribution in [0.25, 0.3) is 0 Å². The second-order valence-corrected chi connectivity index (χ2v) is 13.7. The van der Waals surface area contributed by atoms with E-state index in [1.807, 2.05) is 37.3 Å². The van der Waals surface area contributed by atoms with Gasteiger partial charge < -0.3 is 10.2 Å². The molecule has 0 radical (unpaired) electrons. The van der Waals surface area contributed by atoms with E-state index in [2.05, 4.69) is 21.2 Å². The van der Waals surface area contributed by atoms with Crippen LogP contribution in [0, 0.1) is 6.92 Å². The third-order valence-corrected chi connectivity index (χ3v) is 9.99. The zero-order valence-corrected chi connectivity index (χ0v) is 28.1. The lowest BCUT2D eigenvalue weighted by molar-refractivity contribution is -0.140. The summed E-state index contributed by atoms with van der Waals surface area (Å²) in [4.78, 5) is 29.4. The first kappa shape index (κ1) is 33.5. The van der Waals surface area contributed by atoms with Gasteiger partial charge in [0.05, 0.1) is 10.6 Å². The number of benzene rings is 4. The minimum Gasteiger partial charge on any atom is -0.355 e. The molecule has 2 amide bonds. The maximum atomic E-state index is 14.5. The quantitative estimate of drug-likeness (QED) is 0.171. The summed E-state index contributed by atoms with van der Waals surface area (Å²) in [5, 5.41) is 3.47. The number of rotatable bonds is 12. The molecule has 1 atom stereocenters. The van der Waals surface area contributed by atoms with Gasteiger partial charge in [0.2, 0.25) is 11.8 Å². The molecule has 4 rings (SSSR count). The molecule has 0 spiro atoms. The summed E-state index contributed by atoms with van der Waals surface area (Å²) < 4.78 is 29.9. The Morgan fingerprint density at radius 3 is 2.14 bits per heavy atom. The lowest BCUT2D eigenvalue weighted by Crippen LogP contribution is -2.53. The Morgan fingerprint density at radius 2 is 1.52 bits per heavy atom. The largest absolute Gasteiger partial charge is 0.355 e. The van der Waals surface area contributed by atoms with Gasteiger partial charge in [0.15, 0.2) is 0 Å². The molecule has 4 aromatic rings. The van der Waals surface area contributed by atoms with Crippen LogP contribution in [-0.2, 0) is 32.6 Å². The van der Waals surface area contributed by atoms with Gasteiger partial charge in [-0.2, -0.15) is 0 Å². The molecule has 0 bridgehead atoms. The number of likely N-dealkylation sites (N-methyl/N-ethyl adjacent to an activating group) is 1. The number of nitrogens with one attached hydrogen (secondary N) is 1. The van der Waals surface area contributed by atoms with Gasteiger partial charge in [0.25, 0.3) is 10.0 Å². The van der Waals surface area contributed by atoms with Crippen molar-refractivity contribution < 1.29 is 18.0 Å². The monoisotopic (exact) mass is 715 g/mol. The second kappa shape index (κ2) is 15.1. The summed E-state index contributed by atoms with van der Waals surface area (Å²) in [7, 11) is -4.21. The van der Waals surface area contributed by atoms with Crippen molar-refractivity contribution in [3.05, 3.63) is 128 Å². The van der Waals surface area contributed by atoms with E-state index in [1.165, 1.54) is 17.0 Å². The Hall–Kier alpha value is -3.37. The van der Waals surface area contributed by atoms with Crippen LogP contribution in [0.1, 0.15) is 23.6 Å². The molecule has 1 N–H and O–H groups in total. The molecule has 11 heteroatoms. The maximum absolute atomic E-state index is 14.5. The molecule has 0 aliphatic rings. The number of sulfonamides is 1. The topological polar surface area (TPSA) is 86.8 Å². The van der Waals surface area contributed by atoms with Crippen LogP contribution >= 0.6 is 39.1 Å². The van der Waals surface area contributed by atoms with E-state index < -0.39 is 28.5 Å². The third kappa shape index (κ3) is 8.21. The number of carbonyl (C=O) groups is 2. The fourth-order valence-corrected chi connectivity index (χ4v) is 7.01. The van der Waals surface area contributed by atoms with E-state index in [4.69, 9.17) is 23.2 Å². The lowest BCUT2D eigenvalue weighted by atomic mass is 10.0. The van der Waals surface area contributed by atoms with E-state index in [-0.39, 0.29) is 29.5 Å². The van der Waals surface area contributed by atoms with Crippen LogP contribution in [0.5, 0.6) is 0 Å². The SMILES string of the molecule is CCNC(=O)[C@H](Cc1ccccc1)N(Cc1c(Cl)cccc1Cl)C(=O)CN(c1cccc(Br)c1)S(=O)(=O)c1ccc(C)cc1. The molecule has 0 saturated heterocycles. The molecular weight excluding hydrogens is 685 g/mol. The normalized spacial score (nSPS) is 11.9. The van der Waals surface area contributed by atoms with E-state index in [0.29, 0.717) is 26.6 Å². The lowest BCUT2D eigenvalue weighted by Gasteiger charge is -2.34. The first-order valence-electron chi connectivity index (χ1n) is 13.9. The van der Waals surface area contributed by atoms with Crippen molar-refractivity contribution in [3.63, 3.8) is 0 Å². The number of anilines is 1. The predicted molar refractivity (Wildman–Crippen MR) is 179 cm³/mol. The number of hydrogen-bond donors (Lipinski definition) is 1. The van der Waals surface area contributed by atoms with Crippen molar-refractivity contribution in [2.24, 2.45) is 0 Å². The number of hydrogen-bond acceptors (Lipinski definition) is 4. The number of nitrogens with zero attached hydrogens (tertiary/aromatic N) is 2. The van der Waals surface area contributed by atoms with Crippen LogP contribution in [0.4, 0.5) is 5.69 Å². The van der Waals surface area contributed by atoms with E-state index in [9.17, 15) is 18.0 Å². The second-order valence-electron chi connectivity index (χ2n) is 10.1. The van der Waals surface area contributed by atoms with Crippen LogP contribution in [0.15, 0.2) is 106 Å². The molecule has 0 aliphatic carbocycles. The third-order valence-electron chi connectivity index (χ3n) is 7.00. The molecule has 0 fully saturated rings. The van der Waals surface area contributed by atoms with Crippen molar-refractivity contribution in [3.8, 4) is 0 Å². The van der Waals surface area contributed by atoms with E-state index >= 15 is 0 Å². The zero-order valence-electron chi connectivity index (χ0n) is 24.2. The fraction of sp³-hybridized carbons (Fsp3) is 0.212. The Bertz CT molecular complexity index is 1700. The van der Waals surface area contributed by atoms with Crippen LogP contribution in [-0.4, -0.2) is 44.3 Å². The van der Waals surface area contributed by atoms with E-state index in [0.717, 1.165) is 15.4 Å². The summed E-state index contributed by atoms with van der Waals surface area (Å²) in [5.41, 5.74) is 2.44. The summed E-state index contributed by atoms with van der Waals surface area (Å²) in [6.45, 7) is 3.28. The van der Waals surface area contributed by atoms with Gasteiger partial charge >= 0.3 is 0 Å². The first-order chi connectivity index (χ1) is 21.0. The van der Waals surface area contributed by atoms with Crippen molar-refractivity contribution in [1.82, 2.24) is 10.2 Å². The van der Waals surface area contributed by atoms with Gasteiger partial charge in [-0.1, -0.05) is 99.3 Å². The minimum atomic E-state index is -4.21. The molecule has 0 aromatic heterocycles. The molecule has 0 heterocycles. The molecule has 44 heavy (non-hydrogen) atoms. The summed E-state index contributed by atoms with van der Waals surface area (Å²) in [6.07, 6.45) is 0.183. The Balaban J connectivity index is 1.83. The smallest absolute Gasteiger partial charge is 0.264 e. The Kier molecular flexibility index (Phi) is 11.5. The summed E-state index contributed by atoms with van der Waals surface area (Å²) >= 11 is 16.5. The molecule has 0 saturated carbocycles. The Labute approximate surface area is 277 Å². The number of carbonyl (C=O) groups excluding carboxylic acids is 2. The fourth-order valence-electron chi connectivity index (χ4n) is 4.70. The number of halogens is 3. The van der Waals surface area contributed by atoms with Gasteiger partial charge in [-0.15, -0.1) is 0 Å². The number of amides is 2. The van der Waals surface area contributed by atoms with Crippen LogP contribution in [0.2, 0.25) is 10.0 Å². The van der Waals surface area contributed by atoms with Gasteiger partial charge in [-0.3, -0.25) is 13.9 Å². The molecular formula is C33H32BrCl2N3O4S. The molecule has 4 aromatic carbocycles. The van der Waals surface area contributed by atoms with Crippen molar-refractivity contribution in [1.29, 1.82) is 0 Å².